The molecule has 0 unspecified atom stereocenters. The van der Waals surface area contributed by atoms with E-state index in [1.807, 2.05) is 19.9 Å². The van der Waals surface area contributed by atoms with Gasteiger partial charge >= 0.3 is 6.09 Å². The van der Waals surface area contributed by atoms with E-state index in [4.69, 9.17) is 9.47 Å². The molecule has 0 saturated carbocycles. The molecule has 6 heteroatoms. The van der Waals surface area contributed by atoms with Gasteiger partial charge < -0.3 is 14.8 Å². The molecule has 0 fully saturated rings. The van der Waals surface area contributed by atoms with Gasteiger partial charge in [0.2, 0.25) is 0 Å². The van der Waals surface area contributed by atoms with Crippen LogP contribution in [0.25, 0.3) is 0 Å². The molecule has 0 aliphatic carbocycles. The van der Waals surface area contributed by atoms with Crippen LogP contribution in [0.3, 0.4) is 0 Å². The van der Waals surface area contributed by atoms with Crippen LogP contribution in [0.15, 0.2) is 55.2 Å². The van der Waals surface area contributed by atoms with Gasteiger partial charge in [-0.3, -0.25) is 0 Å². The molecule has 1 amide bonds. The van der Waals surface area contributed by atoms with Gasteiger partial charge in [0.1, 0.15) is 29.6 Å². The Morgan fingerprint density at radius 2 is 1.77 bits per heavy atom. The van der Waals surface area contributed by atoms with Gasteiger partial charge in [-0.15, -0.1) is 0 Å². The number of ether oxygens (including phenoxy) is 2. The first-order valence-electron chi connectivity index (χ1n) is 10.2. The first-order valence-corrected chi connectivity index (χ1v) is 10.2. The third-order valence-corrected chi connectivity index (χ3v) is 3.62. The predicted octanol–water partition coefficient (Wildman–Crippen LogP) is 6.73. The Hall–Kier alpha value is -2.63. The summed E-state index contributed by atoms with van der Waals surface area (Å²) in [4.78, 5) is 12.1. The smallest absolute Gasteiger partial charge is 0.407 e. The first kappa shape index (κ1) is 27.4. The number of halogens is 2. The van der Waals surface area contributed by atoms with Crippen LogP contribution in [0.1, 0.15) is 53.9 Å². The van der Waals surface area contributed by atoms with Gasteiger partial charge in [0.05, 0.1) is 6.04 Å². The molecule has 1 N–H and O–H groups in total. The van der Waals surface area contributed by atoms with Crippen LogP contribution < -0.4 is 10.1 Å². The zero-order chi connectivity index (χ0) is 23.2. The topological polar surface area (TPSA) is 47.6 Å². The minimum absolute atomic E-state index is 0.0523. The molecule has 1 rings (SSSR count). The summed E-state index contributed by atoms with van der Waals surface area (Å²) in [6, 6.07) is 2.56. The van der Waals surface area contributed by atoms with Crippen molar-refractivity contribution in [1.29, 1.82) is 0 Å². The first-order chi connectivity index (χ1) is 14.1. The van der Waals surface area contributed by atoms with E-state index in [0.717, 1.165) is 36.6 Å². The predicted molar refractivity (Wildman–Crippen MR) is 119 cm³/mol. The summed E-state index contributed by atoms with van der Waals surface area (Å²) < 4.78 is 37.4. The lowest BCUT2D eigenvalue weighted by Crippen LogP contribution is -2.42. The molecule has 4 nitrogen and oxygen atoms in total. The SMILES string of the molecule is C=C/C=C(\C=C)CCC[C@H](COc1cc(F)cc(F)c1)NC(=O)OC(C)(C)C.CC. The zero-order valence-corrected chi connectivity index (χ0v) is 18.8. The molecule has 0 aliphatic rings. The summed E-state index contributed by atoms with van der Waals surface area (Å²) in [6.07, 6.45) is 6.81. The van der Waals surface area contributed by atoms with Crippen molar-refractivity contribution in [3.05, 3.63) is 66.8 Å². The molecule has 0 heterocycles. The molecule has 1 aromatic rings. The van der Waals surface area contributed by atoms with Gasteiger partial charge in [-0.1, -0.05) is 45.2 Å². The number of allylic oxidation sites excluding steroid dienone is 4. The average Bonchev–Trinajstić information content (AvgIpc) is 2.64. The van der Waals surface area contributed by atoms with Crippen LogP contribution in [0.4, 0.5) is 13.6 Å². The highest BCUT2D eigenvalue weighted by molar-refractivity contribution is 5.68. The standard InChI is InChI=1S/C22H29F2NO3.C2H6/c1-6-9-16(7-2)10-8-11-19(25-21(26)28-22(3,4)5)15-27-20-13-17(23)12-18(24)14-20;1-2/h6-7,9,12-14,19H,1-2,8,10-11,15H2,3-5H3,(H,25,26);1-2H3/b16-9+;/t19-;/m1./s1. The van der Waals surface area contributed by atoms with Crippen LogP contribution in [0.2, 0.25) is 0 Å². The summed E-state index contributed by atoms with van der Waals surface area (Å²) >= 11 is 0. The van der Waals surface area contributed by atoms with Crippen LogP contribution in [-0.2, 0) is 4.74 Å². The fraction of sp³-hybridized carbons (Fsp3) is 0.458. The molecule has 1 aromatic carbocycles. The fourth-order valence-electron chi connectivity index (χ4n) is 2.44. The second-order valence-corrected chi connectivity index (χ2v) is 7.33. The number of nitrogens with one attached hydrogen (secondary N) is 1. The molecule has 0 radical (unpaired) electrons. The van der Waals surface area contributed by atoms with Gasteiger partial charge in [0, 0.05) is 18.2 Å². The Labute approximate surface area is 179 Å². The maximum Gasteiger partial charge on any atom is 0.407 e. The number of amides is 1. The van der Waals surface area contributed by atoms with Gasteiger partial charge in [-0.25, -0.2) is 13.6 Å². The Morgan fingerprint density at radius 1 is 1.17 bits per heavy atom. The normalized spacial score (nSPS) is 12.2. The minimum Gasteiger partial charge on any atom is -0.491 e. The maximum atomic E-state index is 13.3. The molecular formula is C24H35F2NO3. The number of carbonyl (C=O) groups is 1. The van der Waals surface area contributed by atoms with Crippen LogP contribution >= 0.6 is 0 Å². The van der Waals surface area contributed by atoms with Crippen molar-refractivity contribution < 1.29 is 23.0 Å². The molecule has 1 atom stereocenters. The van der Waals surface area contributed by atoms with Crippen molar-refractivity contribution >= 4 is 6.09 Å². The third kappa shape index (κ3) is 12.8. The molecule has 0 spiro atoms. The summed E-state index contributed by atoms with van der Waals surface area (Å²) in [5, 5.41) is 2.76. The lowest BCUT2D eigenvalue weighted by atomic mass is 10.0. The quantitative estimate of drug-likeness (QED) is 0.424. The molecule has 168 valence electrons. The number of hydrogen-bond acceptors (Lipinski definition) is 3. The van der Waals surface area contributed by atoms with Crippen LogP contribution in [0, 0.1) is 11.6 Å². The summed E-state index contributed by atoms with van der Waals surface area (Å²) in [6.45, 7) is 16.8. The summed E-state index contributed by atoms with van der Waals surface area (Å²) in [7, 11) is 0. The molecule has 30 heavy (non-hydrogen) atoms. The summed E-state index contributed by atoms with van der Waals surface area (Å²) in [5.74, 6) is -1.39. The van der Waals surface area contributed by atoms with E-state index in [-0.39, 0.29) is 12.4 Å². The van der Waals surface area contributed by atoms with E-state index in [2.05, 4.69) is 18.5 Å². The van der Waals surface area contributed by atoms with Crippen LogP contribution in [0.5, 0.6) is 5.75 Å². The molecule has 0 aliphatic heterocycles. The van der Waals surface area contributed by atoms with E-state index >= 15 is 0 Å². The lowest BCUT2D eigenvalue weighted by molar-refractivity contribution is 0.0483. The minimum atomic E-state index is -0.725. The zero-order valence-electron chi connectivity index (χ0n) is 18.8. The number of carbonyl (C=O) groups excluding carboxylic acids is 1. The second kappa shape index (κ2) is 14.4. The van der Waals surface area contributed by atoms with E-state index in [1.54, 1.807) is 32.9 Å². The molecule has 0 bridgehead atoms. The van der Waals surface area contributed by atoms with E-state index < -0.39 is 29.4 Å². The molecular weight excluding hydrogens is 388 g/mol. The fourth-order valence-corrected chi connectivity index (χ4v) is 2.44. The Morgan fingerprint density at radius 3 is 2.27 bits per heavy atom. The Balaban J connectivity index is 0.00000407. The number of rotatable bonds is 10. The largest absolute Gasteiger partial charge is 0.491 e. The highest BCUT2D eigenvalue weighted by Crippen LogP contribution is 2.17. The number of benzene rings is 1. The van der Waals surface area contributed by atoms with Gasteiger partial charge in [-0.05, 0) is 45.6 Å². The highest BCUT2D eigenvalue weighted by Gasteiger charge is 2.20. The average molecular weight is 424 g/mol. The number of alkyl carbamates (subject to hydrolysis) is 1. The van der Waals surface area contributed by atoms with Gasteiger partial charge in [0.25, 0.3) is 0 Å². The lowest BCUT2D eigenvalue weighted by Gasteiger charge is -2.24. The van der Waals surface area contributed by atoms with Crippen molar-refractivity contribution in [3.8, 4) is 5.75 Å². The van der Waals surface area contributed by atoms with Crippen molar-refractivity contribution in [2.45, 2.75) is 65.5 Å². The Kier molecular flexibility index (Phi) is 13.1. The van der Waals surface area contributed by atoms with Gasteiger partial charge in [-0.2, -0.15) is 0 Å². The van der Waals surface area contributed by atoms with Crippen molar-refractivity contribution in [2.75, 3.05) is 6.61 Å². The Bertz CT molecular complexity index is 689. The summed E-state index contributed by atoms with van der Waals surface area (Å²) in [5.41, 5.74) is 0.392. The highest BCUT2D eigenvalue weighted by atomic mass is 19.1. The van der Waals surface area contributed by atoms with Crippen LogP contribution in [-0.4, -0.2) is 24.3 Å². The monoisotopic (exact) mass is 423 g/mol. The maximum absolute atomic E-state index is 13.3. The van der Waals surface area contributed by atoms with Crippen molar-refractivity contribution in [3.63, 3.8) is 0 Å². The van der Waals surface area contributed by atoms with E-state index in [1.165, 1.54) is 0 Å². The van der Waals surface area contributed by atoms with E-state index in [9.17, 15) is 13.6 Å². The van der Waals surface area contributed by atoms with Gasteiger partial charge in [0.15, 0.2) is 0 Å². The van der Waals surface area contributed by atoms with Crippen molar-refractivity contribution in [2.24, 2.45) is 0 Å². The molecule has 0 saturated heterocycles. The third-order valence-electron chi connectivity index (χ3n) is 3.62. The second-order valence-electron chi connectivity index (χ2n) is 7.33. The van der Waals surface area contributed by atoms with E-state index in [0.29, 0.717) is 6.42 Å². The molecule has 0 aromatic heterocycles. The van der Waals surface area contributed by atoms with Crippen molar-refractivity contribution in [1.82, 2.24) is 5.32 Å². The number of hydrogen-bond donors (Lipinski definition) is 1.